The van der Waals surface area contributed by atoms with E-state index in [0.717, 1.165) is 23.3 Å². The third-order valence-corrected chi connectivity index (χ3v) is 4.97. The van der Waals surface area contributed by atoms with E-state index in [1.54, 1.807) is 19.2 Å². The van der Waals surface area contributed by atoms with Crippen molar-refractivity contribution in [3.8, 4) is 5.75 Å². The summed E-state index contributed by atoms with van der Waals surface area (Å²) in [6, 6.07) is 14.8. The van der Waals surface area contributed by atoms with Crippen molar-refractivity contribution < 1.29 is 19.4 Å². The number of para-hydroxylation sites is 1. The summed E-state index contributed by atoms with van der Waals surface area (Å²) in [7, 11) is 1.63. The zero-order valence-corrected chi connectivity index (χ0v) is 14.9. The Hall–Kier alpha value is -2.82. The maximum Gasteiger partial charge on any atom is 0.335 e. The first-order valence-electron chi connectivity index (χ1n) is 8.82. The van der Waals surface area contributed by atoms with Gasteiger partial charge < -0.3 is 14.7 Å². The molecule has 5 heteroatoms. The lowest BCUT2D eigenvalue weighted by molar-refractivity contribution is -0.130. The number of ether oxygens (including phenoxy) is 1. The van der Waals surface area contributed by atoms with Gasteiger partial charge >= 0.3 is 5.97 Å². The number of carboxylic acid groups (broad SMARTS) is 1. The fourth-order valence-corrected chi connectivity index (χ4v) is 3.60. The lowest BCUT2D eigenvalue weighted by Crippen LogP contribution is -2.28. The van der Waals surface area contributed by atoms with E-state index in [0.29, 0.717) is 31.5 Å². The maximum atomic E-state index is 12.6. The number of rotatable bonds is 6. The summed E-state index contributed by atoms with van der Waals surface area (Å²) in [5, 5.41) is 9.37. The summed E-state index contributed by atoms with van der Waals surface area (Å²) in [6.07, 6.45) is 1.86. The van der Waals surface area contributed by atoms with Gasteiger partial charge in [0.25, 0.3) is 0 Å². The Morgan fingerprint density at radius 2 is 1.88 bits per heavy atom. The number of hydrogen-bond acceptors (Lipinski definition) is 3. The van der Waals surface area contributed by atoms with Gasteiger partial charge in [-0.3, -0.25) is 4.79 Å². The molecular formula is C21H23NO4. The third kappa shape index (κ3) is 3.87. The van der Waals surface area contributed by atoms with Crippen molar-refractivity contribution in [2.45, 2.75) is 25.2 Å². The molecule has 2 aromatic carbocycles. The molecule has 1 amide bonds. The van der Waals surface area contributed by atoms with Gasteiger partial charge in [-0.15, -0.1) is 0 Å². The fraction of sp³-hybridized carbons (Fsp3) is 0.333. The van der Waals surface area contributed by atoms with Crippen molar-refractivity contribution in [3.05, 3.63) is 65.2 Å². The van der Waals surface area contributed by atoms with E-state index in [-0.39, 0.29) is 11.8 Å². The van der Waals surface area contributed by atoms with E-state index in [9.17, 15) is 14.7 Å². The van der Waals surface area contributed by atoms with Crippen molar-refractivity contribution >= 4 is 11.9 Å². The molecule has 0 spiro atoms. The van der Waals surface area contributed by atoms with Crippen molar-refractivity contribution in [1.29, 1.82) is 0 Å². The van der Waals surface area contributed by atoms with Crippen LogP contribution in [0.5, 0.6) is 5.75 Å². The van der Waals surface area contributed by atoms with Crippen molar-refractivity contribution in [2.24, 2.45) is 0 Å². The first kappa shape index (κ1) is 18.0. The number of amides is 1. The van der Waals surface area contributed by atoms with Crippen molar-refractivity contribution in [2.75, 3.05) is 20.2 Å². The summed E-state index contributed by atoms with van der Waals surface area (Å²) < 4.78 is 5.33. The summed E-state index contributed by atoms with van der Waals surface area (Å²) >= 11 is 0. The first-order chi connectivity index (χ1) is 12.6. The van der Waals surface area contributed by atoms with Crippen LogP contribution in [0.1, 0.15) is 40.2 Å². The van der Waals surface area contributed by atoms with Gasteiger partial charge in [-0.25, -0.2) is 4.79 Å². The van der Waals surface area contributed by atoms with E-state index in [2.05, 4.69) is 0 Å². The molecule has 5 nitrogen and oxygen atoms in total. The third-order valence-electron chi connectivity index (χ3n) is 4.97. The summed E-state index contributed by atoms with van der Waals surface area (Å²) in [6.45, 7) is 1.25. The number of methoxy groups -OCH3 is 1. The van der Waals surface area contributed by atoms with Crippen LogP contribution in [0.4, 0.5) is 0 Å². The lowest BCUT2D eigenvalue weighted by atomic mass is 9.93. The number of nitrogens with zero attached hydrogens (tertiary/aromatic N) is 1. The Bertz CT molecular complexity index is 802. The van der Waals surface area contributed by atoms with Crippen LogP contribution in [-0.2, 0) is 11.2 Å². The molecule has 1 aliphatic heterocycles. The number of carbonyl (C=O) groups is 2. The highest BCUT2D eigenvalue weighted by atomic mass is 16.5. The topological polar surface area (TPSA) is 66.8 Å². The normalized spacial score (nSPS) is 16.5. The van der Waals surface area contributed by atoms with Gasteiger partial charge in [0.05, 0.1) is 12.7 Å². The second-order valence-corrected chi connectivity index (χ2v) is 6.53. The van der Waals surface area contributed by atoms with E-state index in [1.807, 2.05) is 41.3 Å². The number of aromatic carboxylic acids is 1. The highest BCUT2D eigenvalue weighted by Crippen LogP contribution is 2.30. The van der Waals surface area contributed by atoms with Gasteiger partial charge in [-0.05, 0) is 36.1 Å². The molecule has 0 radical (unpaired) electrons. The smallest absolute Gasteiger partial charge is 0.335 e. The number of likely N-dealkylation sites (tertiary alicyclic amines) is 1. The number of aryl methyl sites for hydroxylation is 1. The molecule has 2 aromatic rings. The lowest BCUT2D eigenvalue weighted by Gasteiger charge is -2.18. The minimum absolute atomic E-state index is 0.0810. The SMILES string of the molecule is COc1ccccc1CCC(=O)N1CCC(c2ccccc2C(=O)O)C1. The van der Waals surface area contributed by atoms with Crippen LogP contribution in [0, 0.1) is 0 Å². The molecule has 1 heterocycles. The van der Waals surface area contributed by atoms with Gasteiger partial charge in [0.15, 0.2) is 0 Å². The van der Waals surface area contributed by atoms with Crippen molar-refractivity contribution in [1.82, 2.24) is 4.90 Å². The van der Waals surface area contributed by atoms with Crippen LogP contribution in [0.25, 0.3) is 0 Å². The molecule has 1 atom stereocenters. The summed E-state index contributed by atoms with van der Waals surface area (Å²) in [4.78, 5) is 25.8. The molecule has 0 aliphatic carbocycles. The molecule has 1 unspecified atom stereocenters. The van der Waals surface area contributed by atoms with Gasteiger partial charge in [0.1, 0.15) is 5.75 Å². The van der Waals surface area contributed by atoms with Crippen LogP contribution >= 0.6 is 0 Å². The Labute approximate surface area is 153 Å². The maximum absolute atomic E-state index is 12.6. The van der Waals surface area contributed by atoms with Gasteiger partial charge in [-0.1, -0.05) is 36.4 Å². The van der Waals surface area contributed by atoms with Crippen LogP contribution < -0.4 is 4.74 Å². The van der Waals surface area contributed by atoms with Crippen LogP contribution in [0.15, 0.2) is 48.5 Å². The molecule has 0 bridgehead atoms. The van der Waals surface area contributed by atoms with Crippen LogP contribution in [0.3, 0.4) is 0 Å². The molecule has 3 rings (SSSR count). The Balaban J connectivity index is 1.62. The Morgan fingerprint density at radius 1 is 1.15 bits per heavy atom. The second kappa shape index (κ2) is 8.04. The summed E-state index contributed by atoms with van der Waals surface area (Å²) in [5.41, 5.74) is 2.18. The molecule has 1 fully saturated rings. The molecule has 0 saturated carbocycles. The second-order valence-electron chi connectivity index (χ2n) is 6.53. The van der Waals surface area contributed by atoms with Gasteiger partial charge in [0.2, 0.25) is 5.91 Å². The van der Waals surface area contributed by atoms with Gasteiger partial charge in [0, 0.05) is 25.4 Å². The predicted molar refractivity (Wildman–Crippen MR) is 98.7 cm³/mol. The minimum atomic E-state index is -0.915. The van der Waals surface area contributed by atoms with Gasteiger partial charge in [-0.2, -0.15) is 0 Å². The molecular weight excluding hydrogens is 330 g/mol. The largest absolute Gasteiger partial charge is 0.496 e. The van der Waals surface area contributed by atoms with E-state index >= 15 is 0 Å². The molecule has 1 aliphatic rings. The van der Waals surface area contributed by atoms with E-state index in [1.165, 1.54) is 0 Å². The quantitative estimate of drug-likeness (QED) is 0.865. The number of benzene rings is 2. The number of carboxylic acids is 1. The average molecular weight is 353 g/mol. The number of hydrogen-bond donors (Lipinski definition) is 1. The first-order valence-corrected chi connectivity index (χ1v) is 8.82. The number of carbonyl (C=O) groups excluding carboxylic acids is 1. The fourth-order valence-electron chi connectivity index (χ4n) is 3.60. The van der Waals surface area contributed by atoms with Crippen molar-refractivity contribution in [3.63, 3.8) is 0 Å². The molecule has 0 aromatic heterocycles. The Kier molecular flexibility index (Phi) is 5.56. The minimum Gasteiger partial charge on any atom is -0.496 e. The highest BCUT2D eigenvalue weighted by molar-refractivity contribution is 5.89. The Morgan fingerprint density at radius 3 is 2.65 bits per heavy atom. The highest BCUT2D eigenvalue weighted by Gasteiger charge is 2.29. The zero-order valence-electron chi connectivity index (χ0n) is 14.9. The molecule has 136 valence electrons. The zero-order chi connectivity index (χ0) is 18.5. The van der Waals surface area contributed by atoms with E-state index in [4.69, 9.17) is 4.74 Å². The monoisotopic (exact) mass is 353 g/mol. The summed E-state index contributed by atoms with van der Waals surface area (Å²) in [5.74, 6) is 0.0697. The average Bonchev–Trinajstić information content (AvgIpc) is 3.16. The molecule has 1 saturated heterocycles. The predicted octanol–water partition coefficient (Wildman–Crippen LogP) is 3.34. The van der Waals surface area contributed by atoms with E-state index < -0.39 is 5.97 Å². The standard InChI is InChI=1S/C21H23NO4/c1-26-19-9-5-2-6-15(19)10-11-20(23)22-13-12-16(14-22)17-7-3-4-8-18(17)21(24)25/h2-9,16H,10-14H2,1H3,(H,24,25). The molecule has 26 heavy (non-hydrogen) atoms. The molecule has 1 N–H and O–H groups in total. The van der Waals surface area contributed by atoms with Crippen LogP contribution in [-0.4, -0.2) is 42.1 Å². The van der Waals surface area contributed by atoms with Crippen LogP contribution in [0.2, 0.25) is 0 Å².